The Bertz CT molecular complexity index is 355. The van der Waals surface area contributed by atoms with E-state index in [9.17, 15) is 4.79 Å². The second-order valence-corrected chi connectivity index (χ2v) is 4.66. The van der Waals surface area contributed by atoms with Crippen molar-refractivity contribution < 1.29 is 4.79 Å². The Morgan fingerprint density at radius 1 is 1.50 bits per heavy atom. The van der Waals surface area contributed by atoms with Gasteiger partial charge >= 0.3 is 0 Å². The number of halogens is 1. The van der Waals surface area contributed by atoms with Crippen LogP contribution in [-0.2, 0) is 4.79 Å². The summed E-state index contributed by atoms with van der Waals surface area (Å²) in [4.78, 5) is 11.5. The van der Waals surface area contributed by atoms with Gasteiger partial charge in [0.05, 0.1) is 6.54 Å². The van der Waals surface area contributed by atoms with Gasteiger partial charge in [-0.1, -0.05) is 28.9 Å². The predicted octanol–water partition coefficient (Wildman–Crippen LogP) is 2.78. The Labute approximate surface area is 105 Å². The van der Waals surface area contributed by atoms with Crippen LogP contribution in [0.1, 0.15) is 20.3 Å². The zero-order valence-corrected chi connectivity index (χ0v) is 11.2. The number of rotatable bonds is 5. The lowest BCUT2D eigenvalue weighted by atomic mass is 10.2. The van der Waals surface area contributed by atoms with Crippen molar-refractivity contribution in [2.45, 2.75) is 26.3 Å². The number of benzene rings is 1. The van der Waals surface area contributed by atoms with Crippen LogP contribution in [0.25, 0.3) is 0 Å². The van der Waals surface area contributed by atoms with Crippen LogP contribution in [0.3, 0.4) is 0 Å². The molecule has 1 aromatic rings. The van der Waals surface area contributed by atoms with Crippen LogP contribution >= 0.6 is 15.9 Å². The van der Waals surface area contributed by atoms with E-state index in [0.29, 0.717) is 6.54 Å². The fraction of sp³-hybridized carbons (Fsp3) is 0.417. The van der Waals surface area contributed by atoms with E-state index < -0.39 is 0 Å². The van der Waals surface area contributed by atoms with Crippen molar-refractivity contribution >= 4 is 27.5 Å². The Hall–Kier alpha value is -1.03. The minimum Gasteiger partial charge on any atom is -0.376 e. The van der Waals surface area contributed by atoms with Gasteiger partial charge in [-0.15, -0.1) is 0 Å². The first-order valence-corrected chi connectivity index (χ1v) is 6.20. The minimum absolute atomic E-state index is 0.0225. The van der Waals surface area contributed by atoms with Crippen LogP contribution in [0.5, 0.6) is 0 Å². The molecule has 0 bridgehead atoms. The molecule has 0 aliphatic heterocycles. The summed E-state index contributed by atoms with van der Waals surface area (Å²) in [5.41, 5.74) is 0.939. The summed E-state index contributed by atoms with van der Waals surface area (Å²) in [6.07, 6.45) is 0.947. The van der Waals surface area contributed by atoms with Crippen LogP contribution in [0, 0.1) is 0 Å². The molecule has 88 valence electrons. The molecule has 4 heteroatoms. The largest absolute Gasteiger partial charge is 0.376 e. The van der Waals surface area contributed by atoms with Gasteiger partial charge in [-0.25, -0.2) is 0 Å². The van der Waals surface area contributed by atoms with E-state index in [1.807, 2.05) is 38.1 Å². The van der Waals surface area contributed by atoms with Crippen molar-refractivity contribution in [2.75, 3.05) is 11.9 Å². The number of carbonyl (C=O) groups excluding carboxylic acids is 1. The lowest BCUT2D eigenvalue weighted by Crippen LogP contribution is -2.36. The van der Waals surface area contributed by atoms with Gasteiger partial charge in [0.1, 0.15) is 0 Å². The van der Waals surface area contributed by atoms with E-state index >= 15 is 0 Å². The van der Waals surface area contributed by atoms with Gasteiger partial charge in [-0.05, 0) is 31.5 Å². The van der Waals surface area contributed by atoms with Crippen molar-refractivity contribution in [1.29, 1.82) is 0 Å². The normalized spacial score (nSPS) is 11.9. The molecule has 1 unspecified atom stereocenters. The highest BCUT2D eigenvalue weighted by Crippen LogP contribution is 2.15. The molecular weight excluding hydrogens is 268 g/mol. The van der Waals surface area contributed by atoms with Gasteiger partial charge < -0.3 is 10.6 Å². The van der Waals surface area contributed by atoms with Crippen molar-refractivity contribution in [1.82, 2.24) is 5.32 Å². The van der Waals surface area contributed by atoms with Gasteiger partial charge in [-0.3, -0.25) is 4.79 Å². The minimum atomic E-state index is 0.0225. The van der Waals surface area contributed by atoms with Gasteiger partial charge in [0.25, 0.3) is 0 Å². The summed E-state index contributed by atoms with van der Waals surface area (Å²) in [6.45, 7) is 4.35. The van der Waals surface area contributed by atoms with Gasteiger partial charge in [-0.2, -0.15) is 0 Å². The first-order chi connectivity index (χ1) is 7.61. The van der Waals surface area contributed by atoms with Crippen LogP contribution in [-0.4, -0.2) is 18.5 Å². The number of anilines is 1. The Morgan fingerprint density at radius 3 is 2.88 bits per heavy atom. The van der Waals surface area contributed by atoms with E-state index in [2.05, 4.69) is 26.6 Å². The predicted molar refractivity (Wildman–Crippen MR) is 70.5 cm³/mol. The molecule has 0 heterocycles. The smallest absolute Gasteiger partial charge is 0.239 e. The topological polar surface area (TPSA) is 41.1 Å². The molecule has 0 spiro atoms. The second-order valence-electron chi connectivity index (χ2n) is 3.74. The zero-order valence-electron chi connectivity index (χ0n) is 9.59. The Balaban J connectivity index is 2.37. The van der Waals surface area contributed by atoms with Crippen molar-refractivity contribution in [3.63, 3.8) is 0 Å². The van der Waals surface area contributed by atoms with Crippen LogP contribution in [0.4, 0.5) is 5.69 Å². The number of nitrogens with one attached hydrogen (secondary N) is 2. The molecule has 16 heavy (non-hydrogen) atoms. The maximum Gasteiger partial charge on any atom is 0.239 e. The molecule has 0 saturated heterocycles. The number of hydrogen-bond donors (Lipinski definition) is 2. The molecule has 2 N–H and O–H groups in total. The van der Waals surface area contributed by atoms with Gasteiger partial charge in [0.15, 0.2) is 0 Å². The fourth-order valence-electron chi connectivity index (χ4n) is 1.21. The van der Waals surface area contributed by atoms with E-state index in [4.69, 9.17) is 0 Å². The fourth-order valence-corrected chi connectivity index (χ4v) is 1.61. The third kappa shape index (κ3) is 4.66. The average Bonchev–Trinajstić information content (AvgIpc) is 2.26. The lowest BCUT2D eigenvalue weighted by molar-refractivity contribution is -0.120. The van der Waals surface area contributed by atoms with Crippen LogP contribution < -0.4 is 10.6 Å². The third-order valence-electron chi connectivity index (χ3n) is 2.30. The summed E-state index contributed by atoms with van der Waals surface area (Å²) in [5.74, 6) is 0.0225. The standard InChI is InChI=1S/C12H17BrN2O/c1-3-9(2)15-12(16)8-14-11-6-4-5-10(13)7-11/h4-7,9,14H,3,8H2,1-2H3,(H,15,16). The second kappa shape index (κ2) is 6.53. The van der Waals surface area contributed by atoms with Crippen molar-refractivity contribution in [2.24, 2.45) is 0 Å². The summed E-state index contributed by atoms with van der Waals surface area (Å²) in [5, 5.41) is 5.97. The molecule has 0 aliphatic rings. The summed E-state index contributed by atoms with van der Waals surface area (Å²) in [7, 11) is 0. The summed E-state index contributed by atoms with van der Waals surface area (Å²) in [6, 6.07) is 7.98. The van der Waals surface area contributed by atoms with Crippen LogP contribution in [0.2, 0.25) is 0 Å². The molecule has 0 fully saturated rings. The monoisotopic (exact) mass is 284 g/mol. The highest BCUT2D eigenvalue weighted by molar-refractivity contribution is 9.10. The van der Waals surface area contributed by atoms with Gasteiger partial charge in [0, 0.05) is 16.2 Å². The third-order valence-corrected chi connectivity index (χ3v) is 2.79. The molecule has 0 saturated carbocycles. The Kier molecular flexibility index (Phi) is 5.32. The molecule has 0 aliphatic carbocycles. The quantitative estimate of drug-likeness (QED) is 0.873. The first-order valence-electron chi connectivity index (χ1n) is 5.40. The van der Waals surface area contributed by atoms with Crippen LogP contribution in [0.15, 0.2) is 28.7 Å². The van der Waals surface area contributed by atoms with Crippen molar-refractivity contribution in [3.8, 4) is 0 Å². The lowest BCUT2D eigenvalue weighted by Gasteiger charge is -2.12. The zero-order chi connectivity index (χ0) is 12.0. The average molecular weight is 285 g/mol. The SMILES string of the molecule is CCC(C)NC(=O)CNc1cccc(Br)c1. The highest BCUT2D eigenvalue weighted by atomic mass is 79.9. The molecule has 1 amide bonds. The number of amides is 1. The molecule has 0 aromatic heterocycles. The maximum absolute atomic E-state index is 11.5. The molecule has 3 nitrogen and oxygen atoms in total. The molecule has 1 aromatic carbocycles. The Morgan fingerprint density at radius 2 is 2.25 bits per heavy atom. The maximum atomic E-state index is 11.5. The van der Waals surface area contributed by atoms with E-state index in [-0.39, 0.29) is 11.9 Å². The van der Waals surface area contributed by atoms with Gasteiger partial charge in [0.2, 0.25) is 5.91 Å². The molecule has 1 atom stereocenters. The molecule has 1 rings (SSSR count). The molecular formula is C12H17BrN2O. The van der Waals surface area contributed by atoms with Crippen molar-refractivity contribution in [3.05, 3.63) is 28.7 Å². The highest BCUT2D eigenvalue weighted by Gasteiger charge is 2.04. The first kappa shape index (κ1) is 13.0. The number of hydrogen-bond acceptors (Lipinski definition) is 2. The number of carbonyl (C=O) groups is 1. The van der Waals surface area contributed by atoms with E-state index in [0.717, 1.165) is 16.6 Å². The molecule has 0 radical (unpaired) electrons. The summed E-state index contributed by atoms with van der Waals surface area (Å²) >= 11 is 3.38. The summed E-state index contributed by atoms with van der Waals surface area (Å²) < 4.78 is 1.000. The van der Waals surface area contributed by atoms with E-state index in [1.54, 1.807) is 0 Å². The van der Waals surface area contributed by atoms with E-state index in [1.165, 1.54) is 0 Å².